The highest BCUT2D eigenvalue weighted by Crippen LogP contribution is 2.22. The van der Waals surface area contributed by atoms with Gasteiger partial charge in [0.05, 0.1) is 0 Å². The predicted octanol–water partition coefficient (Wildman–Crippen LogP) is 3.56. The largest absolute Gasteiger partial charge is 0.444 e. The molecule has 0 bridgehead atoms. The maximum atomic E-state index is 11.4. The van der Waals surface area contributed by atoms with Gasteiger partial charge in [-0.25, -0.2) is 9.78 Å². The molecular weight excluding hydrogens is 320 g/mol. The van der Waals surface area contributed by atoms with Crippen LogP contribution in [0.2, 0.25) is 5.02 Å². The number of hydrogen-bond donors (Lipinski definition) is 1. The van der Waals surface area contributed by atoms with Crippen LogP contribution in [0.15, 0.2) is 16.9 Å². The number of rotatable bonds is 3. The minimum atomic E-state index is -0.489. The van der Waals surface area contributed by atoms with Crippen LogP contribution in [0.5, 0.6) is 0 Å². The van der Waals surface area contributed by atoms with E-state index in [2.05, 4.69) is 26.2 Å². The first kappa shape index (κ1) is 15.2. The molecule has 0 unspecified atom stereocenters. The third-order valence-corrected chi connectivity index (χ3v) is 3.03. The van der Waals surface area contributed by atoms with Crippen molar-refractivity contribution in [3.05, 3.63) is 27.5 Å². The lowest BCUT2D eigenvalue weighted by Crippen LogP contribution is -2.33. The third kappa shape index (κ3) is 5.23. The second kappa shape index (κ2) is 6.38. The van der Waals surface area contributed by atoms with Crippen LogP contribution >= 0.6 is 27.5 Å². The van der Waals surface area contributed by atoms with Gasteiger partial charge in [-0.3, -0.25) is 0 Å². The number of alkyl carbamates (subject to hydrolysis) is 1. The summed E-state index contributed by atoms with van der Waals surface area (Å²) in [5.74, 6) is 0. The van der Waals surface area contributed by atoms with Gasteiger partial charge in [-0.1, -0.05) is 11.6 Å². The molecule has 1 N–H and O–H groups in total. The summed E-state index contributed by atoms with van der Waals surface area (Å²) in [6.07, 6.45) is 1.78. The number of carbonyl (C=O) groups is 1. The Bertz CT molecular complexity index is 412. The Morgan fingerprint density at radius 3 is 2.78 bits per heavy atom. The first-order valence-corrected chi connectivity index (χ1v) is 6.72. The molecular formula is C12H16BrClN2O2. The van der Waals surface area contributed by atoms with Crippen molar-refractivity contribution < 1.29 is 9.53 Å². The highest BCUT2D eigenvalue weighted by molar-refractivity contribution is 9.10. The van der Waals surface area contributed by atoms with E-state index >= 15 is 0 Å². The van der Waals surface area contributed by atoms with E-state index < -0.39 is 11.7 Å². The number of pyridine rings is 1. The van der Waals surface area contributed by atoms with Crippen molar-refractivity contribution in [3.63, 3.8) is 0 Å². The Morgan fingerprint density at radius 2 is 2.22 bits per heavy atom. The number of amides is 1. The summed E-state index contributed by atoms with van der Waals surface area (Å²) in [6, 6.07) is 1.72. The Hall–Kier alpha value is -0.810. The van der Waals surface area contributed by atoms with Gasteiger partial charge in [0.2, 0.25) is 0 Å². The molecule has 0 fully saturated rings. The quantitative estimate of drug-likeness (QED) is 0.859. The van der Waals surface area contributed by atoms with Crippen LogP contribution in [0.25, 0.3) is 0 Å². The van der Waals surface area contributed by atoms with Gasteiger partial charge in [-0.2, -0.15) is 0 Å². The van der Waals surface area contributed by atoms with Crippen molar-refractivity contribution in [1.82, 2.24) is 10.3 Å². The summed E-state index contributed by atoms with van der Waals surface area (Å²) in [6.45, 7) is 5.91. The predicted molar refractivity (Wildman–Crippen MR) is 74.9 cm³/mol. The average Bonchev–Trinajstić information content (AvgIpc) is 2.19. The maximum Gasteiger partial charge on any atom is 0.407 e. The summed E-state index contributed by atoms with van der Waals surface area (Å²) < 4.78 is 5.82. The molecule has 0 atom stereocenters. The lowest BCUT2D eigenvalue weighted by Gasteiger charge is -2.19. The second-order valence-corrected chi connectivity index (χ2v) is 5.90. The Labute approximate surface area is 120 Å². The molecule has 1 rings (SSSR count). The van der Waals surface area contributed by atoms with E-state index in [0.29, 0.717) is 22.6 Å². The van der Waals surface area contributed by atoms with E-state index in [-0.39, 0.29) is 0 Å². The number of ether oxygens (including phenoxy) is 1. The lowest BCUT2D eigenvalue weighted by atomic mass is 10.2. The normalized spacial score (nSPS) is 11.2. The molecule has 1 aromatic rings. The average molecular weight is 336 g/mol. The molecule has 0 aliphatic heterocycles. The van der Waals surface area contributed by atoms with Crippen LogP contribution in [0.1, 0.15) is 26.3 Å². The third-order valence-electron chi connectivity index (χ3n) is 1.99. The van der Waals surface area contributed by atoms with Gasteiger partial charge in [0, 0.05) is 23.3 Å². The fourth-order valence-electron chi connectivity index (χ4n) is 1.27. The van der Waals surface area contributed by atoms with E-state index in [1.54, 1.807) is 12.3 Å². The van der Waals surface area contributed by atoms with Crippen LogP contribution in [0, 0.1) is 0 Å². The zero-order chi connectivity index (χ0) is 13.8. The second-order valence-electron chi connectivity index (χ2n) is 4.74. The lowest BCUT2D eigenvalue weighted by molar-refractivity contribution is 0.0528. The van der Waals surface area contributed by atoms with Crippen molar-refractivity contribution >= 4 is 33.6 Å². The van der Waals surface area contributed by atoms with Crippen LogP contribution in [-0.4, -0.2) is 23.2 Å². The van der Waals surface area contributed by atoms with Gasteiger partial charge >= 0.3 is 6.09 Å². The fraction of sp³-hybridized carbons (Fsp3) is 0.500. The van der Waals surface area contributed by atoms with Gasteiger partial charge < -0.3 is 10.1 Å². The van der Waals surface area contributed by atoms with Gasteiger partial charge in [0.15, 0.2) is 0 Å². The number of nitrogens with zero attached hydrogens (tertiary/aromatic N) is 1. The monoisotopic (exact) mass is 334 g/mol. The molecule has 0 spiro atoms. The summed E-state index contributed by atoms with van der Waals surface area (Å²) >= 11 is 9.36. The molecule has 1 heterocycles. The van der Waals surface area contributed by atoms with Gasteiger partial charge in [-0.05, 0) is 49.2 Å². The first-order chi connectivity index (χ1) is 8.29. The number of nitrogens with one attached hydrogen (secondary N) is 1. The van der Waals surface area contributed by atoms with E-state index in [0.717, 1.165) is 5.56 Å². The fourth-order valence-corrected chi connectivity index (χ4v) is 2.16. The molecule has 0 aliphatic carbocycles. The van der Waals surface area contributed by atoms with Crippen molar-refractivity contribution in [2.75, 3.05) is 6.54 Å². The number of halogens is 2. The molecule has 1 amide bonds. The van der Waals surface area contributed by atoms with E-state index in [1.165, 1.54) is 0 Å². The number of carbonyl (C=O) groups excluding carboxylic acids is 1. The van der Waals surface area contributed by atoms with Crippen molar-refractivity contribution in [2.45, 2.75) is 32.8 Å². The van der Waals surface area contributed by atoms with Gasteiger partial charge in [0.1, 0.15) is 10.2 Å². The molecule has 0 saturated heterocycles. The van der Waals surface area contributed by atoms with Crippen molar-refractivity contribution in [2.24, 2.45) is 0 Å². The standard InChI is InChI=1S/C12H16BrClN2O2/c1-12(2,3)18-11(17)16-6-4-8-9(14)5-7-15-10(8)13/h5,7H,4,6H2,1-3H3,(H,16,17). The molecule has 1 aromatic heterocycles. The van der Waals surface area contributed by atoms with Crippen LogP contribution < -0.4 is 5.32 Å². The molecule has 6 heteroatoms. The minimum absolute atomic E-state index is 0.432. The van der Waals surface area contributed by atoms with Crippen LogP contribution in [-0.2, 0) is 11.2 Å². The van der Waals surface area contributed by atoms with Crippen LogP contribution in [0.3, 0.4) is 0 Å². The summed E-state index contributed by atoms with van der Waals surface area (Å²) in [5.41, 5.74) is 0.381. The van der Waals surface area contributed by atoms with Crippen molar-refractivity contribution in [3.8, 4) is 0 Å². The number of aromatic nitrogens is 1. The summed E-state index contributed by atoms with van der Waals surface area (Å²) in [7, 11) is 0. The number of hydrogen-bond acceptors (Lipinski definition) is 3. The zero-order valence-corrected chi connectivity index (χ0v) is 12.9. The van der Waals surface area contributed by atoms with Crippen molar-refractivity contribution in [1.29, 1.82) is 0 Å². The topological polar surface area (TPSA) is 51.2 Å². The van der Waals surface area contributed by atoms with E-state index in [4.69, 9.17) is 16.3 Å². The molecule has 4 nitrogen and oxygen atoms in total. The Balaban J connectivity index is 2.45. The Kier molecular flexibility index (Phi) is 5.41. The molecule has 0 radical (unpaired) electrons. The molecule has 18 heavy (non-hydrogen) atoms. The highest BCUT2D eigenvalue weighted by atomic mass is 79.9. The molecule has 100 valence electrons. The molecule has 0 saturated carbocycles. The summed E-state index contributed by atoms with van der Waals surface area (Å²) in [4.78, 5) is 15.5. The van der Waals surface area contributed by atoms with E-state index in [9.17, 15) is 4.79 Å². The Morgan fingerprint density at radius 1 is 1.56 bits per heavy atom. The smallest absolute Gasteiger partial charge is 0.407 e. The van der Waals surface area contributed by atoms with Crippen LogP contribution in [0.4, 0.5) is 4.79 Å². The van der Waals surface area contributed by atoms with E-state index in [1.807, 2.05) is 20.8 Å². The molecule has 0 aliphatic rings. The maximum absolute atomic E-state index is 11.4. The minimum Gasteiger partial charge on any atom is -0.444 e. The van der Waals surface area contributed by atoms with Gasteiger partial charge in [0.25, 0.3) is 0 Å². The molecule has 0 aromatic carbocycles. The zero-order valence-electron chi connectivity index (χ0n) is 10.6. The SMILES string of the molecule is CC(C)(C)OC(=O)NCCc1c(Cl)ccnc1Br. The van der Waals surface area contributed by atoms with Gasteiger partial charge in [-0.15, -0.1) is 0 Å². The summed E-state index contributed by atoms with van der Waals surface area (Å²) in [5, 5.41) is 3.30. The first-order valence-electron chi connectivity index (χ1n) is 5.55. The highest BCUT2D eigenvalue weighted by Gasteiger charge is 2.15.